The van der Waals surface area contributed by atoms with Crippen molar-refractivity contribution in [1.29, 1.82) is 0 Å². The smallest absolute Gasteiger partial charge is 0.281 e. The molecular weight excluding hydrogens is 380 g/mol. The third-order valence-corrected chi connectivity index (χ3v) is 6.15. The molecule has 0 aliphatic carbocycles. The highest BCUT2D eigenvalue weighted by Crippen LogP contribution is 2.26. The molecule has 4 aromatic rings. The SMILES string of the molecule is CC[n+]1c(-c2ccc(C)cc2)csc1Nc1c(C)n(C)n(-c2ccccc2)c1=O. The number of hydrogen-bond acceptors (Lipinski definition) is 3. The van der Waals surface area contributed by atoms with Gasteiger partial charge in [0.25, 0.3) is 0 Å². The maximum atomic E-state index is 13.2. The number of hydrogen-bond donors (Lipinski definition) is 1. The van der Waals surface area contributed by atoms with E-state index >= 15 is 0 Å². The van der Waals surface area contributed by atoms with Gasteiger partial charge in [-0.3, -0.25) is 9.48 Å². The average molecular weight is 406 g/mol. The maximum absolute atomic E-state index is 13.2. The lowest BCUT2D eigenvalue weighted by Crippen LogP contribution is -2.35. The van der Waals surface area contributed by atoms with E-state index in [1.807, 2.05) is 49.0 Å². The summed E-state index contributed by atoms with van der Waals surface area (Å²) in [6.45, 7) is 6.99. The van der Waals surface area contributed by atoms with Gasteiger partial charge in [-0.05, 0) is 32.9 Å². The first kappa shape index (κ1) is 19.2. The van der Waals surface area contributed by atoms with E-state index in [9.17, 15) is 4.79 Å². The molecule has 1 N–H and O–H groups in total. The molecule has 2 heterocycles. The third kappa shape index (κ3) is 3.40. The molecule has 0 bridgehead atoms. The van der Waals surface area contributed by atoms with E-state index in [1.165, 1.54) is 11.1 Å². The number of para-hydroxylation sites is 1. The summed E-state index contributed by atoms with van der Waals surface area (Å²) < 4.78 is 5.81. The molecule has 0 amide bonds. The molecule has 0 radical (unpaired) electrons. The van der Waals surface area contributed by atoms with Gasteiger partial charge in [-0.2, -0.15) is 0 Å². The van der Waals surface area contributed by atoms with E-state index in [1.54, 1.807) is 16.0 Å². The van der Waals surface area contributed by atoms with E-state index in [2.05, 4.69) is 53.4 Å². The second-order valence-electron chi connectivity index (χ2n) is 7.10. The van der Waals surface area contributed by atoms with Gasteiger partial charge in [0.2, 0.25) is 5.69 Å². The lowest BCUT2D eigenvalue weighted by Gasteiger charge is -2.06. The molecule has 0 atom stereocenters. The van der Waals surface area contributed by atoms with Gasteiger partial charge in [0, 0.05) is 18.0 Å². The van der Waals surface area contributed by atoms with E-state index in [0.717, 1.165) is 28.8 Å². The van der Waals surface area contributed by atoms with Crippen LogP contribution in [0.4, 0.5) is 10.8 Å². The monoisotopic (exact) mass is 405 g/mol. The molecule has 0 unspecified atom stereocenters. The zero-order chi connectivity index (χ0) is 20.5. The van der Waals surface area contributed by atoms with Gasteiger partial charge < -0.3 is 0 Å². The summed E-state index contributed by atoms with van der Waals surface area (Å²) >= 11 is 1.62. The van der Waals surface area contributed by atoms with Gasteiger partial charge >= 0.3 is 10.7 Å². The van der Waals surface area contributed by atoms with Crippen LogP contribution in [-0.4, -0.2) is 9.36 Å². The zero-order valence-electron chi connectivity index (χ0n) is 17.1. The zero-order valence-corrected chi connectivity index (χ0v) is 18.0. The van der Waals surface area contributed by atoms with Crippen LogP contribution in [-0.2, 0) is 13.6 Å². The summed E-state index contributed by atoms with van der Waals surface area (Å²) in [7, 11) is 1.91. The number of benzene rings is 2. The Bertz CT molecular complexity index is 1200. The van der Waals surface area contributed by atoms with Crippen LogP contribution in [0.3, 0.4) is 0 Å². The van der Waals surface area contributed by atoms with Crippen LogP contribution in [0.25, 0.3) is 16.9 Å². The van der Waals surface area contributed by atoms with Crippen molar-refractivity contribution in [3.8, 4) is 16.9 Å². The quantitative estimate of drug-likeness (QED) is 0.494. The van der Waals surface area contributed by atoms with Crippen LogP contribution in [0.15, 0.2) is 64.8 Å². The third-order valence-electron chi connectivity index (χ3n) is 5.27. The molecule has 2 aromatic carbocycles. The lowest BCUT2D eigenvalue weighted by molar-refractivity contribution is -0.664. The molecule has 0 spiro atoms. The van der Waals surface area contributed by atoms with Gasteiger partial charge in [-0.25, -0.2) is 14.6 Å². The molecule has 6 heteroatoms. The van der Waals surface area contributed by atoms with E-state index in [0.29, 0.717) is 5.69 Å². The molecule has 0 aliphatic rings. The van der Waals surface area contributed by atoms with Gasteiger partial charge in [-0.1, -0.05) is 59.4 Å². The fourth-order valence-corrected chi connectivity index (χ4v) is 4.53. The van der Waals surface area contributed by atoms with Crippen molar-refractivity contribution in [2.45, 2.75) is 27.3 Å². The summed E-state index contributed by atoms with van der Waals surface area (Å²) in [5, 5.41) is 6.52. The second kappa shape index (κ2) is 7.72. The van der Waals surface area contributed by atoms with Crippen molar-refractivity contribution in [3.63, 3.8) is 0 Å². The highest BCUT2D eigenvalue weighted by atomic mass is 32.1. The number of thiazole rings is 1. The predicted octanol–water partition coefficient (Wildman–Crippen LogP) is 4.57. The topological polar surface area (TPSA) is 42.8 Å². The first-order valence-electron chi connectivity index (χ1n) is 9.70. The van der Waals surface area contributed by atoms with Crippen molar-refractivity contribution in [3.05, 3.63) is 81.6 Å². The summed E-state index contributed by atoms with van der Waals surface area (Å²) in [6.07, 6.45) is 0. The largest absolute Gasteiger partial charge is 0.339 e. The number of nitrogens with zero attached hydrogens (tertiary/aromatic N) is 3. The highest BCUT2D eigenvalue weighted by molar-refractivity contribution is 7.13. The van der Waals surface area contributed by atoms with Crippen molar-refractivity contribution in [1.82, 2.24) is 9.36 Å². The van der Waals surface area contributed by atoms with Crippen molar-refractivity contribution in [2.24, 2.45) is 7.05 Å². The number of anilines is 2. The molecule has 2 aromatic heterocycles. The minimum Gasteiger partial charge on any atom is -0.281 e. The Morgan fingerprint density at radius 3 is 2.38 bits per heavy atom. The van der Waals surface area contributed by atoms with Crippen LogP contribution in [0.1, 0.15) is 18.2 Å². The number of nitrogens with one attached hydrogen (secondary N) is 1. The van der Waals surface area contributed by atoms with Crippen LogP contribution >= 0.6 is 11.3 Å². The fraction of sp³-hybridized carbons (Fsp3) is 0.217. The van der Waals surface area contributed by atoms with Crippen molar-refractivity contribution >= 4 is 22.2 Å². The van der Waals surface area contributed by atoms with Crippen LogP contribution in [0, 0.1) is 13.8 Å². The molecule has 0 aliphatic heterocycles. The number of aryl methyl sites for hydroxylation is 1. The summed E-state index contributed by atoms with van der Waals surface area (Å²) in [5.74, 6) is 0. The molecule has 5 nitrogen and oxygen atoms in total. The van der Waals surface area contributed by atoms with Crippen molar-refractivity contribution < 1.29 is 4.57 Å². The van der Waals surface area contributed by atoms with Crippen molar-refractivity contribution in [2.75, 3.05) is 5.32 Å². The Kier molecular flexibility index (Phi) is 5.11. The predicted molar refractivity (Wildman–Crippen MR) is 119 cm³/mol. The first-order chi connectivity index (χ1) is 14.0. The normalized spacial score (nSPS) is 11.0. The van der Waals surface area contributed by atoms with Crippen LogP contribution in [0.2, 0.25) is 0 Å². The molecule has 0 saturated carbocycles. The fourth-order valence-electron chi connectivity index (χ4n) is 3.53. The molecular formula is C23H25N4OS+. The summed E-state index contributed by atoms with van der Waals surface area (Å²) in [6, 6.07) is 18.2. The Labute approximate surface area is 174 Å². The molecule has 29 heavy (non-hydrogen) atoms. The standard InChI is InChI=1S/C23H24N4OS/c1-5-26-20(18-13-11-16(2)12-14-18)15-29-23(26)24-21-17(3)25(4)27(22(21)28)19-9-7-6-8-10-19/h6-15H,5H2,1-4H3/p+1. The Morgan fingerprint density at radius 2 is 1.72 bits per heavy atom. The van der Waals surface area contributed by atoms with Crippen LogP contribution < -0.4 is 15.4 Å². The minimum atomic E-state index is -0.0517. The maximum Gasteiger partial charge on any atom is 0.339 e. The molecule has 148 valence electrons. The summed E-state index contributed by atoms with van der Waals surface area (Å²) in [5.41, 5.74) is 5.87. The lowest BCUT2D eigenvalue weighted by atomic mass is 10.1. The van der Waals surface area contributed by atoms with Crippen LogP contribution in [0.5, 0.6) is 0 Å². The van der Waals surface area contributed by atoms with E-state index in [-0.39, 0.29) is 5.56 Å². The van der Waals surface area contributed by atoms with Gasteiger partial charge in [0.05, 0.1) is 17.9 Å². The Hall–Kier alpha value is -3.12. The first-order valence-corrected chi connectivity index (χ1v) is 10.6. The van der Waals surface area contributed by atoms with Gasteiger partial charge in [0.15, 0.2) is 0 Å². The van der Waals surface area contributed by atoms with Gasteiger partial charge in [0.1, 0.15) is 5.69 Å². The molecule has 0 saturated heterocycles. The highest BCUT2D eigenvalue weighted by Gasteiger charge is 2.24. The Balaban J connectivity index is 1.76. The number of rotatable bonds is 5. The minimum absolute atomic E-state index is 0.0517. The Morgan fingerprint density at radius 1 is 1.03 bits per heavy atom. The van der Waals surface area contributed by atoms with Gasteiger partial charge in [-0.15, -0.1) is 0 Å². The molecule has 0 fully saturated rings. The van der Waals surface area contributed by atoms with E-state index in [4.69, 9.17) is 0 Å². The average Bonchev–Trinajstić information content (AvgIpc) is 3.23. The van der Waals surface area contributed by atoms with E-state index < -0.39 is 0 Å². The number of aromatic nitrogens is 3. The second-order valence-corrected chi connectivity index (χ2v) is 7.96. The molecule has 4 rings (SSSR count). The summed E-state index contributed by atoms with van der Waals surface area (Å²) in [4.78, 5) is 13.2.